The van der Waals surface area contributed by atoms with Crippen molar-refractivity contribution in [3.8, 4) is 0 Å². The van der Waals surface area contributed by atoms with Gasteiger partial charge in [0.2, 0.25) is 5.82 Å². The molecular weight excluding hydrogens is 306 g/mol. The normalized spacial score (nSPS) is 24.6. The van der Waals surface area contributed by atoms with Crippen molar-refractivity contribution in [1.82, 2.24) is 24.9 Å². The molecule has 2 aromatic rings. The van der Waals surface area contributed by atoms with Gasteiger partial charge in [-0.25, -0.2) is 9.50 Å². The van der Waals surface area contributed by atoms with Gasteiger partial charge >= 0.3 is 0 Å². The number of fused-ring (bicyclic) bond motifs is 1. The maximum absolute atomic E-state index is 12.6. The Labute approximate surface area is 140 Å². The van der Waals surface area contributed by atoms with Gasteiger partial charge in [-0.2, -0.15) is 4.98 Å². The molecule has 7 nitrogen and oxygen atoms in total. The van der Waals surface area contributed by atoms with E-state index in [-0.39, 0.29) is 29.3 Å². The fraction of sp³-hybridized carbons (Fsp3) is 0.647. The molecule has 2 heterocycles. The van der Waals surface area contributed by atoms with Crippen LogP contribution in [0.15, 0.2) is 6.07 Å². The van der Waals surface area contributed by atoms with Crippen molar-refractivity contribution in [3.05, 3.63) is 23.3 Å². The highest BCUT2D eigenvalue weighted by molar-refractivity contribution is 5.91. The van der Waals surface area contributed by atoms with Gasteiger partial charge < -0.3 is 10.1 Å². The van der Waals surface area contributed by atoms with Crippen LogP contribution in [-0.4, -0.2) is 44.2 Å². The molecule has 4 rings (SSSR count). The van der Waals surface area contributed by atoms with Gasteiger partial charge in [0, 0.05) is 29.5 Å². The Kier molecular flexibility index (Phi) is 3.56. The Morgan fingerprint density at radius 2 is 2.21 bits per heavy atom. The first-order valence-electron chi connectivity index (χ1n) is 8.67. The minimum Gasteiger partial charge on any atom is -0.378 e. The Morgan fingerprint density at radius 1 is 1.42 bits per heavy atom. The van der Waals surface area contributed by atoms with E-state index in [1.165, 1.54) is 6.42 Å². The van der Waals surface area contributed by atoms with Gasteiger partial charge in [-0.1, -0.05) is 6.42 Å². The van der Waals surface area contributed by atoms with E-state index in [2.05, 4.69) is 20.4 Å². The molecule has 0 aromatic carbocycles. The number of carbonyl (C=O) groups excluding carboxylic acids is 1. The molecular formula is C17H23N5O2. The van der Waals surface area contributed by atoms with Gasteiger partial charge in [0.25, 0.3) is 11.7 Å². The van der Waals surface area contributed by atoms with Crippen LogP contribution < -0.4 is 5.32 Å². The number of hydrogen-bond acceptors (Lipinski definition) is 5. The van der Waals surface area contributed by atoms with Crippen LogP contribution in [0.2, 0.25) is 0 Å². The molecule has 0 aliphatic heterocycles. The first-order chi connectivity index (χ1) is 11.5. The Morgan fingerprint density at radius 3 is 2.88 bits per heavy atom. The van der Waals surface area contributed by atoms with E-state index in [1.807, 2.05) is 26.8 Å². The van der Waals surface area contributed by atoms with Gasteiger partial charge in [-0.05, 0) is 46.1 Å². The molecule has 2 aromatic heterocycles. The summed E-state index contributed by atoms with van der Waals surface area (Å²) in [5.41, 5.74) is 1.92. The van der Waals surface area contributed by atoms with E-state index in [0.29, 0.717) is 5.78 Å². The molecule has 2 saturated carbocycles. The van der Waals surface area contributed by atoms with Crippen molar-refractivity contribution in [2.75, 3.05) is 6.61 Å². The Bertz CT molecular complexity index is 796. The van der Waals surface area contributed by atoms with Crippen molar-refractivity contribution in [2.24, 2.45) is 5.41 Å². The molecule has 2 fully saturated rings. The number of hydrogen-bond donors (Lipinski definition) is 1. The summed E-state index contributed by atoms with van der Waals surface area (Å²) in [6.45, 7) is 6.59. The standard InChI is InChI=1S/C17H23N5O2/c1-4-24-13-9-12(17(13)6-5-7-17)19-15(23)14-20-16-18-10(2)8-11(3)22(16)21-14/h8,12-13H,4-7,9H2,1-3H3,(H,19,23)/t12-,13+/m0/s1. The first kappa shape index (κ1) is 15.5. The van der Waals surface area contributed by atoms with Crippen LogP contribution in [0.3, 0.4) is 0 Å². The second-order valence-corrected chi connectivity index (χ2v) is 6.98. The summed E-state index contributed by atoms with van der Waals surface area (Å²) < 4.78 is 7.45. The van der Waals surface area contributed by atoms with E-state index in [4.69, 9.17) is 4.74 Å². The van der Waals surface area contributed by atoms with Crippen molar-refractivity contribution >= 4 is 11.7 Å². The number of nitrogens with one attached hydrogen (secondary N) is 1. The maximum Gasteiger partial charge on any atom is 0.291 e. The van der Waals surface area contributed by atoms with Crippen molar-refractivity contribution < 1.29 is 9.53 Å². The zero-order valence-corrected chi connectivity index (χ0v) is 14.4. The molecule has 0 saturated heterocycles. The highest BCUT2D eigenvalue weighted by atomic mass is 16.5. The average molecular weight is 329 g/mol. The lowest BCUT2D eigenvalue weighted by atomic mass is 9.51. The SMILES string of the molecule is CCO[C@@H]1C[C@H](NC(=O)c2nc3nc(C)cc(C)n3n2)C12CCC2. The van der Waals surface area contributed by atoms with Crippen LogP contribution in [0.1, 0.15) is 54.6 Å². The van der Waals surface area contributed by atoms with Gasteiger partial charge in [0.1, 0.15) is 0 Å². The van der Waals surface area contributed by atoms with Gasteiger partial charge in [0.15, 0.2) is 0 Å². The van der Waals surface area contributed by atoms with Crippen LogP contribution >= 0.6 is 0 Å². The second kappa shape index (κ2) is 5.51. The molecule has 24 heavy (non-hydrogen) atoms. The number of amides is 1. The lowest BCUT2D eigenvalue weighted by Crippen LogP contribution is -2.67. The van der Waals surface area contributed by atoms with Crippen LogP contribution in [0.4, 0.5) is 0 Å². The van der Waals surface area contributed by atoms with Crippen molar-refractivity contribution in [3.63, 3.8) is 0 Å². The number of rotatable bonds is 4. The van der Waals surface area contributed by atoms with Crippen LogP contribution in [0, 0.1) is 19.3 Å². The first-order valence-corrected chi connectivity index (χ1v) is 8.67. The van der Waals surface area contributed by atoms with Crippen LogP contribution in [-0.2, 0) is 4.74 Å². The molecule has 1 spiro atoms. The van der Waals surface area contributed by atoms with E-state index in [1.54, 1.807) is 4.52 Å². The lowest BCUT2D eigenvalue weighted by Gasteiger charge is -2.60. The highest BCUT2D eigenvalue weighted by Crippen LogP contribution is 2.57. The Balaban J connectivity index is 1.52. The van der Waals surface area contributed by atoms with E-state index >= 15 is 0 Å². The molecule has 2 aliphatic carbocycles. The number of ether oxygens (including phenoxy) is 1. The predicted molar refractivity (Wildman–Crippen MR) is 87.8 cm³/mol. The van der Waals surface area contributed by atoms with E-state index in [0.717, 1.165) is 37.3 Å². The number of carbonyl (C=O) groups is 1. The highest BCUT2D eigenvalue weighted by Gasteiger charge is 2.59. The van der Waals surface area contributed by atoms with Crippen molar-refractivity contribution in [1.29, 1.82) is 0 Å². The topological polar surface area (TPSA) is 81.4 Å². The molecule has 7 heteroatoms. The van der Waals surface area contributed by atoms with E-state index < -0.39 is 0 Å². The number of aromatic nitrogens is 4. The smallest absolute Gasteiger partial charge is 0.291 e. The van der Waals surface area contributed by atoms with Gasteiger partial charge in [-0.3, -0.25) is 4.79 Å². The lowest BCUT2D eigenvalue weighted by molar-refractivity contribution is -0.169. The summed E-state index contributed by atoms with van der Waals surface area (Å²) in [6, 6.07) is 2.09. The molecule has 0 bridgehead atoms. The van der Waals surface area contributed by atoms with E-state index in [9.17, 15) is 4.79 Å². The maximum atomic E-state index is 12.6. The minimum absolute atomic E-state index is 0.135. The molecule has 2 atom stereocenters. The van der Waals surface area contributed by atoms with Crippen molar-refractivity contribution in [2.45, 2.75) is 58.6 Å². The van der Waals surface area contributed by atoms with Crippen LogP contribution in [0.25, 0.3) is 5.78 Å². The monoisotopic (exact) mass is 329 g/mol. The second-order valence-electron chi connectivity index (χ2n) is 6.98. The third-order valence-corrected chi connectivity index (χ3v) is 5.56. The molecule has 2 aliphatic rings. The largest absolute Gasteiger partial charge is 0.378 e. The average Bonchev–Trinajstić information content (AvgIpc) is 2.88. The Hall–Kier alpha value is -2.02. The number of nitrogens with zero attached hydrogens (tertiary/aromatic N) is 4. The van der Waals surface area contributed by atoms with Gasteiger partial charge in [0.05, 0.1) is 6.10 Å². The summed E-state index contributed by atoms with van der Waals surface area (Å²) in [5.74, 6) is 0.436. The fourth-order valence-electron chi connectivity index (χ4n) is 4.13. The predicted octanol–water partition coefficient (Wildman–Crippen LogP) is 1.82. The van der Waals surface area contributed by atoms with Gasteiger partial charge in [-0.15, -0.1) is 5.10 Å². The fourth-order valence-corrected chi connectivity index (χ4v) is 4.13. The third-order valence-electron chi connectivity index (χ3n) is 5.56. The number of aryl methyl sites for hydroxylation is 2. The summed E-state index contributed by atoms with van der Waals surface area (Å²) >= 11 is 0. The summed E-state index contributed by atoms with van der Waals surface area (Å²) in [6.07, 6.45) is 4.62. The minimum atomic E-state index is -0.219. The zero-order chi connectivity index (χ0) is 16.9. The molecule has 0 radical (unpaired) electrons. The summed E-state index contributed by atoms with van der Waals surface area (Å²) in [4.78, 5) is 21.2. The molecule has 0 unspecified atom stereocenters. The molecule has 1 amide bonds. The summed E-state index contributed by atoms with van der Waals surface area (Å²) in [7, 11) is 0. The molecule has 1 N–H and O–H groups in total. The molecule has 128 valence electrons. The zero-order valence-electron chi connectivity index (χ0n) is 14.4. The van der Waals surface area contributed by atoms with Crippen LogP contribution in [0.5, 0.6) is 0 Å². The summed E-state index contributed by atoms with van der Waals surface area (Å²) in [5, 5.41) is 7.44. The third kappa shape index (κ3) is 2.22. The quantitative estimate of drug-likeness (QED) is 0.925.